The molecule has 3 N–H and O–H groups in total. The number of nitrogens with one attached hydrogen (secondary N) is 3. The van der Waals surface area contributed by atoms with Gasteiger partial charge in [-0.15, -0.1) is 10.2 Å². The summed E-state index contributed by atoms with van der Waals surface area (Å²) in [6.45, 7) is 2.04. The third kappa shape index (κ3) is 7.08. The number of rotatable bonds is 8. The molecule has 3 aromatic rings. The van der Waals surface area contributed by atoms with Crippen molar-refractivity contribution in [2.24, 2.45) is 0 Å². The number of hydrogen-bond donors (Lipinski definition) is 3. The fourth-order valence-electron chi connectivity index (χ4n) is 2.33. The number of carbonyl (C=O) groups is 3. The van der Waals surface area contributed by atoms with Crippen molar-refractivity contribution in [3.8, 4) is 0 Å². The van der Waals surface area contributed by atoms with Gasteiger partial charge in [0.05, 0.1) is 17.9 Å². The number of hydrogen-bond acceptors (Lipinski definition) is 8. The zero-order valence-electron chi connectivity index (χ0n) is 16.5. The van der Waals surface area contributed by atoms with Crippen molar-refractivity contribution in [2.75, 3.05) is 28.3 Å². The highest BCUT2D eigenvalue weighted by molar-refractivity contribution is 8.01. The first-order valence-corrected chi connectivity index (χ1v) is 11.0. The van der Waals surface area contributed by atoms with Crippen molar-refractivity contribution < 1.29 is 19.1 Å². The minimum absolute atomic E-state index is 0.116. The number of nitrogens with zero attached hydrogens (tertiary/aromatic N) is 2. The summed E-state index contributed by atoms with van der Waals surface area (Å²) in [7, 11) is 0. The highest BCUT2D eigenvalue weighted by Crippen LogP contribution is 2.25. The van der Waals surface area contributed by atoms with E-state index in [1.165, 1.54) is 23.1 Å². The zero-order chi connectivity index (χ0) is 22.1. The van der Waals surface area contributed by atoms with E-state index in [1.54, 1.807) is 43.3 Å². The topological polar surface area (TPSA) is 122 Å². The summed E-state index contributed by atoms with van der Waals surface area (Å²) in [6.07, 6.45) is 0. The SMILES string of the molecule is CCOC(=O)c1ccc(NC(=O)CSc2nnc(NC(=O)Nc3ccccc3)s2)cc1. The second kappa shape index (κ2) is 11.1. The standard InChI is InChI=1S/C20H19N5O4S2/c1-2-29-17(27)13-8-10-15(11-9-13)21-16(26)12-30-20-25-24-19(31-20)23-18(28)22-14-6-4-3-5-7-14/h3-11H,2,12H2,1H3,(H,21,26)(H2,22,23,24,28). The summed E-state index contributed by atoms with van der Waals surface area (Å²) in [5.41, 5.74) is 1.64. The lowest BCUT2D eigenvalue weighted by atomic mass is 10.2. The Bertz CT molecular complexity index is 1040. The first kappa shape index (κ1) is 22.2. The monoisotopic (exact) mass is 457 g/mol. The molecule has 0 fully saturated rings. The van der Waals surface area contributed by atoms with E-state index < -0.39 is 12.0 Å². The number of para-hydroxylation sites is 1. The maximum Gasteiger partial charge on any atom is 0.338 e. The van der Waals surface area contributed by atoms with Gasteiger partial charge in [-0.2, -0.15) is 0 Å². The van der Waals surface area contributed by atoms with Crippen LogP contribution >= 0.6 is 23.1 Å². The number of thioether (sulfide) groups is 1. The van der Waals surface area contributed by atoms with Crippen molar-refractivity contribution in [3.05, 3.63) is 60.2 Å². The number of urea groups is 1. The molecule has 0 unspecified atom stereocenters. The highest BCUT2D eigenvalue weighted by atomic mass is 32.2. The molecule has 11 heteroatoms. The van der Waals surface area contributed by atoms with Crippen LogP contribution in [-0.2, 0) is 9.53 Å². The van der Waals surface area contributed by atoms with Crippen LogP contribution in [0.5, 0.6) is 0 Å². The maximum absolute atomic E-state index is 12.1. The molecule has 0 saturated heterocycles. The molecule has 0 aliphatic carbocycles. The molecule has 0 aliphatic heterocycles. The normalized spacial score (nSPS) is 10.2. The number of amides is 3. The van der Waals surface area contributed by atoms with Gasteiger partial charge >= 0.3 is 12.0 Å². The van der Waals surface area contributed by atoms with Crippen LogP contribution in [0.15, 0.2) is 58.9 Å². The molecular weight excluding hydrogens is 438 g/mol. The van der Waals surface area contributed by atoms with E-state index in [1.807, 2.05) is 18.2 Å². The Morgan fingerprint density at radius 3 is 2.35 bits per heavy atom. The van der Waals surface area contributed by atoms with E-state index in [4.69, 9.17) is 4.74 Å². The van der Waals surface area contributed by atoms with Crippen molar-refractivity contribution in [3.63, 3.8) is 0 Å². The Hall–Kier alpha value is -3.44. The van der Waals surface area contributed by atoms with Gasteiger partial charge in [0.2, 0.25) is 11.0 Å². The Labute approximate surface area is 186 Å². The molecule has 160 valence electrons. The minimum atomic E-state index is -0.428. The van der Waals surface area contributed by atoms with Crippen LogP contribution in [0.25, 0.3) is 0 Å². The van der Waals surface area contributed by atoms with Gasteiger partial charge in [-0.05, 0) is 43.3 Å². The van der Waals surface area contributed by atoms with Gasteiger partial charge in [-0.3, -0.25) is 10.1 Å². The molecule has 31 heavy (non-hydrogen) atoms. The van der Waals surface area contributed by atoms with Gasteiger partial charge in [0, 0.05) is 11.4 Å². The van der Waals surface area contributed by atoms with Crippen LogP contribution in [0.1, 0.15) is 17.3 Å². The summed E-state index contributed by atoms with van der Waals surface area (Å²) in [4.78, 5) is 35.8. The number of benzene rings is 2. The average molecular weight is 458 g/mol. The molecule has 1 heterocycles. The van der Waals surface area contributed by atoms with Crippen LogP contribution < -0.4 is 16.0 Å². The lowest BCUT2D eigenvalue weighted by molar-refractivity contribution is -0.113. The summed E-state index contributed by atoms with van der Waals surface area (Å²) < 4.78 is 5.46. The second-order valence-electron chi connectivity index (χ2n) is 5.95. The summed E-state index contributed by atoms with van der Waals surface area (Å²) in [5, 5.41) is 16.2. The Balaban J connectivity index is 1.44. The molecule has 0 radical (unpaired) electrons. The third-order valence-electron chi connectivity index (χ3n) is 3.67. The van der Waals surface area contributed by atoms with E-state index in [0.717, 1.165) is 0 Å². The number of ether oxygens (including phenoxy) is 1. The molecule has 0 aliphatic rings. The number of anilines is 3. The van der Waals surface area contributed by atoms with Crippen molar-refractivity contribution in [1.82, 2.24) is 10.2 Å². The smallest absolute Gasteiger partial charge is 0.338 e. The van der Waals surface area contributed by atoms with Gasteiger partial charge in [-0.1, -0.05) is 41.3 Å². The molecule has 1 aromatic heterocycles. The molecule has 9 nitrogen and oxygen atoms in total. The first-order valence-electron chi connectivity index (χ1n) is 9.20. The Morgan fingerprint density at radius 1 is 0.935 bits per heavy atom. The molecule has 3 amide bonds. The predicted molar refractivity (Wildman–Crippen MR) is 121 cm³/mol. The quantitative estimate of drug-likeness (QED) is 0.264. The van der Waals surface area contributed by atoms with Crippen LogP contribution in [-0.4, -0.2) is 40.5 Å². The van der Waals surface area contributed by atoms with E-state index >= 15 is 0 Å². The minimum Gasteiger partial charge on any atom is -0.462 e. The van der Waals surface area contributed by atoms with Crippen LogP contribution in [0.3, 0.4) is 0 Å². The third-order valence-corrected chi connectivity index (χ3v) is 5.64. The van der Waals surface area contributed by atoms with Crippen LogP contribution in [0.2, 0.25) is 0 Å². The summed E-state index contributed by atoms with van der Waals surface area (Å²) in [5.74, 6) is -0.528. The summed E-state index contributed by atoms with van der Waals surface area (Å²) in [6, 6.07) is 15.0. The average Bonchev–Trinajstić information content (AvgIpc) is 3.21. The largest absolute Gasteiger partial charge is 0.462 e. The number of esters is 1. The van der Waals surface area contributed by atoms with Gasteiger partial charge in [-0.25, -0.2) is 9.59 Å². The fraction of sp³-hybridized carbons (Fsp3) is 0.150. The van der Waals surface area contributed by atoms with Crippen LogP contribution in [0, 0.1) is 0 Å². The first-order chi connectivity index (χ1) is 15.0. The predicted octanol–water partition coefficient (Wildman–Crippen LogP) is 4.09. The van der Waals surface area contributed by atoms with E-state index in [-0.39, 0.29) is 11.7 Å². The molecule has 0 atom stereocenters. The number of carbonyl (C=O) groups excluding carboxylic acids is 3. The Morgan fingerprint density at radius 2 is 1.65 bits per heavy atom. The van der Waals surface area contributed by atoms with Gasteiger partial charge < -0.3 is 15.4 Å². The molecule has 2 aromatic carbocycles. The molecule has 3 rings (SSSR count). The maximum atomic E-state index is 12.1. The Kier molecular flexibility index (Phi) is 7.96. The molecular formula is C20H19N5O4S2. The highest BCUT2D eigenvalue weighted by Gasteiger charge is 2.11. The molecule has 0 saturated carbocycles. The van der Waals surface area contributed by atoms with E-state index in [9.17, 15) is 14.4 Å². The molecule has 0 spiro atoms. The van der Waals surface area contributed by atoms with Crippen molar-refractivity contribution in [1.29, 1.82) is 0 Å². The lowest BCUT2D eigenvalue weighted by Gasteiger charge is -2.06. The van der Waals surface area contributed by atoms with Gasteiger partial charge in [0.25, 0.3) is 0 Å². The summed E-state index contributed by atoms with van der Waals surface area (Å²) >= 11 is 2.37. The van der Waals surface area contributed by atoms with E-state index in [0.29, 0.717) is 33.0 Å². The zero-order valence-corrected chi connectivity index (χ0v) is 18.1. The van der Waals surface area contributed by atoms with Crippen molar-refractivity contribution >= 4 is 57.5 Å². The second-order valence-corrected chi connectivity index (χ2v) is 8.15. The van der Waals surface area contributed by atoms with Gasteiger partial charge in [0.1, 0.15) is 0 Å². The molecule has 0 bridgehead atoms. The lowest BCUT2D eigenvalue weighted by Crippen LogP contribution is -2.19. The van der Waals surface area contributed by atoms with Gasteiger partial charge in [0.15, 0.2) is 4.34 Å². The number of aromatic nitrogens is 2. The van der Waals surface area contributed by atoms with E-state index in [2.05, 4.69) is 26.1 Å². The fourth-order valence-corrected chi connectivity index (χ4v) is 3.88. The van der Waals surface area contributed by atoms with Crippen molar-refractivity contribution in [2.45, 2.75) is 11.3 Å². The van der Waals surface area contributed by atoms with Crippen LogP contribution in [0.4, 0.5) is 21.3 Å².